The molecule has 1 aromatic heterocycles. The summed E-state index contributed by atoms with van der Waals surface area (Å²) in [5.74, 6) is 0.830. The van der Waals surface area contributed by atoms with E-state index < -0.39 is 0 Å². The highest BCUT2D eigenvalue weighted by atomic mass is 16.2. The van der Waals surface area contributed by atoms with E-state index in [1.54, 1.807) is 0 Å². The standard InChI is InChI=1S/C16H26N6O/c1-2-11-6-3-4-7-13(11)20-16(23)19-9-5-8-14-12(10-17)15(18)22-21-14/h11,13H,2-9H2,1H3,(H3,18,21,22)(H2,19,20,23)/t11-,13+/m0/s1. The number of nitriles is 1. The molecule has 0 unspecified atom stereocenters. The second-order valence-corrected chi connectivity index (χ2v) is 6.14. The van der Waals surface area contributed by atoms with Gasteiger partial charge in [0.1, 0.15) is 11.6 Å². The Morgan fingerprint density at radius 1 is 1.48 bits per heavy atom. The fraction of sp³-hybridized carbons (Fsp3) is 0.688. The van der Waals surface area contributed by atoms with Crippen molar-refractivity contribution in [2.24, 2.45) is 5.92 Å². The number of nitrogens with zero attached hydrogens (tertiary/aromatic N) is 2. The van der Waals surface area contributed by atoms with E-state index in [1.165, 1.54) is 19.3 Å². The predicted molar refractivity (Wildman–Crippen MR) is 88.6 cm³/mol. The summed E-state index contributed by atoms with van der Waals surface area (Å²) in [6.45, 7) is 2.74. The van der Waals surface area contributed by atoms with Crippen LogP contribution in [-0.2, 0) is 6.42 Å². The summed E-state index contributed by atoms with van der Waals surface area (Å²) in [5.41, 5.74) is 6.72. The van der Waals surface area contributed by atoms with Crippen LogP contribution in [0.2, 0.25) is 0 Å². The second-order valence-electron chi connectivity index (χ2n) is 6.14. The van der Waals surface area contributed by atoms with E-state index in [-0.39, 0.29) is 11.8 Å². The highest BCUT2D eigenvalue weighted by Gasteiger charge is 2.24. The summed E-state index contributed by atoms with van der Waals surface area (Å²) in [4.78, 5) is 12.0. The van der Waals surface area contributed by atoms with Gasteiger partial charge in [-0.2, -0.15) is 10.4 Å². The monoisotopic (exact) mass is 318 g/mol. The molecule has 0 aromatic carbocycles. The van der Waals surface area contributed by atoms with Crippen LogP contribution < -0.4 is 16.4 Å². The molecule has 126 valence electrons. The molecule has 0 bridgehead atoms. The molecule has 0 saturated heterocycles. The van der Waals surface area contributed by atoms with Crippen molar-refractivity contribution in [1.29, 1.82) is 5.26 Å². The summed E-state index contributed by atoms with van der Waals surface area (Å²) in [6.07, 6.45) is 7.22. The van der Waals surface area contributed by atoms with Crippen molar-refractivity contribution in [2.75, 3.05) is 12.3 Å². The number of nitrogens with one attached hydrogen (secondary N) is 3. The summed E-state index contributed by atoms with van der Waals surface area (Å²) >= 11 is 0. The van der Waals surface area contributed by atoms with Crippen molar-refractivity contribution >= 4 is 11.8 Å². The Morgan fingerprint density at radius 3 is 3.00 bits per heavy atom. The van der Waals surface area contributed by atoms with Gasteiger partial charge in [0.25, 0.3) is 0 Å². The normalized spacial score (nSPS) is 20.7. The third-order valence-electron chi connectivity index (χ3n) is 4.62. The Balaban J connectivity index is 1.69. The van der Waals surface area contributed by atoms with Crippen LogP contribution in [-0.4, -0.2) is 28.8 Å². The zero-order chi connectivity index (χ0) is 16.7. The first-order valence-corrected chi connectivity index (χ1v) is 8.42. The Labute approximate surface area is 137 Å². The molecule has 0 aliphatic heterocycles. The average molecular weight is 318 g/mol. The fourth-order valence-electron chi connectivity index (χ4n) is 3.27. The van der Waals surface area contributed by atoms with Gasteiger partial charge in [0, 0.05) is 12.6 Å². The van der Waals surface area contributed by atoms with Crippen molar-refractivity contribution in [3.8, 4) is 6.07 Å². The Morgan fingerprint density at radius 2 is 2.26 bits per heavy atom. The van der Waals surface area contributed by atoms with Crippen LogP contribution in [0.5, 0.6) is 0 Å². The summed E-state index contributed by atoms with van der Waals surface area (Å²) in [7, 11) is 0. The van der Waals surface area contributed by atoms with Crippen molar-refractivity contribution in [1.82, 2.24) is 20.8 Å². The maximum absolute atomic E-state index is 12.0. The molecular formula is C16H26N6O. The molecule has 1 saturated carbocycles. The van der Waals surface area contributed by atoms with Gasteiger partial charge in [-0.3, -0.25) is 5.10 Å². The third kappa shape index (κ3) is 4.62. The minimum Gasteiger partial charge on any atom is -0.381 e. The van der Waals surface area contributed by atoms with Crippen molar-refractivity contribution in [3.63, 3.8) is 0 Å². The quantitative estimate of drug-likeness (QED) is 0.600. The molecule has 2 amide bonds. The summed E-state index contributed by atoms with van der Waals surface area (Å²) in [5, 5.41) is 21.6. The van der Waals surface area contributed by atoms with Crippen LogP contribution in [0.3, 0.4) is 0 Å². The van der Waals surface area contributed by atoms with Crippen molar-refractivity contribution < 1.29 is 4.79 Å². The highest BCUT2D eigenvalue weighted by molar-refractivity contribution is 5.74. The third-order valence-corrected chi connectivity index (χ3v) is 4.62. The summed E-state index contributed by atoms with van der Waals surface area (Å²) < 4.78 is 0. The first-order chi connectivity index (χ1) is 11.2. The van der Waals surface area contributed by atoms with Crippen molar-refractivity contribution in [2.45, 2.75) is 57.9 Å². The number of aromatic nitrogens is 2. The minimum absolute atomic E-state index is 0.0972. The molecule has 1 aromatic rings. The number of carbonyl (C=O) groups is 1. The smallest absolute Gasteiger partial charge is 0.315 e. The zero-order valence-electron chi connectivity index (χ0n) is 13.7. The summed E-state index contributed by atoms with van der Waals surface area (Å²) in [6, 6.07) is 2.24. The number of nitrogens with two attached hydrogens (primary N) is 1. The molecule has 5 N–H and O–H groups in total. The van der Waals surface area contributed by atoms with Gasteiger partial charge in [0.05, 0.1) is 5.69 Å². The number of H-pyrrole nitrogens is 1. The van der Waals surface area contributed by atoms with Crippen LogP contribution >= 0.6 is 0 Å². The maximum Gasteiger partial charge on any atom is 0.315 e. The Hall–Kier alpha value is -2.23. The number of urea groups is 1. The number of amides is 2. The number of aromatic amines is 1. The number of nitrogen functional groups attached to an aromatic ring is 1. The minimum atomic E-state index is -0.0972. The van der Waals surface area contributed by atoms with E-state index >= 15 is 0 Å². The van der Waals surface area contributed by atoms with Crippen molar-refractivity contribution in [3.05, 3.63) is 11.3 Å². The molecule has 1 fully saturated rings. The molecule has 0 radical (unpaired) electrons. The largest absolute Gasteiger partial charge is 0.381 e. The molecule has 1 aliphatic rings. The lowest BCUT2D eigenvalue weighted by Gasteiger charge is -2.31. The van der Waals surface area contributed by atoms with Crippen LogP contribution in [0.25, 0.3) is 0 Å². The van der Waals surface area contributed by atoms with Crippen LogP contribution in [0, 0.1) is 17.2 Å². The van der Waals surface area contributed by atoms with Gasteiger partial charge < -0.3 is 16.4 Å². The topological polar surface area (TPSA) is 120 Å². The number of rotatable bonds is 6. The van der Waals surface area contributed by atoms with Gasteiger partial charge in [-0.15, -0.1) is 0 Å². The highest BCUT2D eigenvalue weighted by Crippen LogP contribution is 2.26. The molecule has 2 atom stereocenters. The molecule has 2 rings (SSSR count). The Kier molecular flexibility index (Phi) is 6.27. The first kappa shape index (κ1) is 17.1. The predicted octanol–water partition coefficient (Wildman–Crippen LogP) is 2.06. The Bertz CT molecular complexity index is 561. The lowest BCUT2D eigenvalue weighted by atomic mass is 9.83. The van der Waals surface area contributed by atoms with Gasteiger partial charge in [-0.05, 0) is 31.6 Å². The SMILES string of the molecule is CC[C@H]1CCCC[C@H]1NC(=O)NCCCc1[nH]nc(N)c1C#N. The number of carbonyl (C=O) groups excluding carboxylic acids is 1. The van der Waals surface area contributed by atoms with Gasteiger partial charge in [0.15, 0.2) is 5.82 Å². The number of aryl methyl sites for hydroxylation is 1. The molecule has 7 heteroatoms. The zero-order valence-corrected chi connectivity index (χ0v) is 13.7. The number of anilines is 1. The second kappa shape index (κ2) is 8.42. The van der Waals surface area contributed by atoms with E-state index in [9.17, 15) is 4.79 Å². The average Bonchev–Trinajstić information content (AvgIpc) is 2.92. The van der Waals surface area contributed by atoms with Gasteiger partial charge in [-0.25, -0.2) is 4.79 Å². The maximum atomic E-state index is 12.0. The first-order valence-electron chi connectivity index (χ1n) is 8.42. The molecule has 23 heavy (non-hydrogen) atoms. The van der Waals surface area contributed by atoms with Gasteiger partial charge >= 0.3 is 6.03 Å². The fourth-order valence-corrected chi connectivity index (χ4v) is 3.27. The van der Waals surface area contributed by atoms with Crippen LogP contribution in [0.15, 0.2) is 0 Å². The molecular weight excluding hydrogens is 292 g/mol. The van der Waals surface area contributed by atoms with Crippen LogP contribution in [0.1, 0.15) is 56.7 Å². The molecule has 1 aliphatic carbocycles. The van der Waals surface area contributed by atoms with E-state index in [0.717, 1.165) is 25.0 Å². The van der Waals surface area contributed by atoms with E-state index in [0.29, 0.717) is 30.5 Å². The molecule has 1 heterocycles. The van der Waals surface area contributed by atoms with E-state index in [4.69, 9.17) is 11.0 Å². The van der Waals surface area contributed by atoms with E-state index in [2.05, 4.69) is 27.8 Å². The molecule has 7 nitrogen and oxygen atoms in total. The number of hydrogen-bond acceptors (Lipinski definition) is 4. The number of hydrogen-bond donors (Lipinski definition) is 4. The van der Waals surface area contributed by atoms with Gasteiger partial charge in [0.2, 0.25) is 0 Å². The van der Waals surface area contributed by atoms with Gasteiger partial charge in [-0.1, -0.05) is 26.2 Å². The molecule has 0 spiro atoms. The van der Waals surface area contributed by atoms with Crippen LogP contribution in [0.4, 0.5) is 10.6 Å². The lowest BCUT2D eigenvalue weighted by molar-refractivity contribution is 0.216. The van der Waals surface area contributed by atoms with E-state index in [1.807, 2.05) is 6.07 Å². The lowest BCUT2D eigenvalue weighted by Crippen LogP contribution is -2.46.